The first-order valence-corrected chi connectivity index (χ1v) is 5.33. The Morgan fingerprint density at radius 3 is 2.43 bits per heavy atom. The predicted octanol–water partition coefficient (Wildman–Crippen LogP) is 2.84. The first-order chi connectivity index (χ1) is 6.48. The van der Waals surface area contributed by atoms with E-state index in [1.165, 1.54) is 0 Å². The molecule has 0 aromatic rings. The molecular formula is C11H22O3. The van der Waals surface area contributed by atoms with E-state index in [2.05, 4.69) is 20.8 Å². The number of rotatable bonds is 8. The SMILES string of the molecule is CCC(C)(C)OCCCCCC(=O)O. The maximum Gasteiger partial charge on any atom is 0.303 e. The summed E-state index contributed by atoms with van der Waals surface area (Å²) in [6, 6.07) is 0. The van der Waals surface area contributed by atoms with Gasteiger partial charge in [-0.05, 0) is 33.1 Å². The monoisotopic (exact) mass is 202 g/mol. The fourth-order valence-electron chi connectivity index (χ4n) is 1.01. The van der Waals surface area contributed by atoms with Crippen molar-refractivity contribution in [3.8, 4) is 0 Å². The van der Waals surface area contributed by atoms with Crippen molar-refractivity contribution in [1.82, 2.24) is 0 Å². The number of carboxylic acids is 1. The van der Waals surface area contributed by atoms with Crippen LogP contribution in [0.15, 0.2) is 0 Å². The highest BCUT2D eigenvalue weighted by Gasteiger charge is 2.14. The molecule has 3 heteroatoms. The molecule has 0 rings (SSSR count). The smallest absolute Gasteiger partial charge is 0.303 e. The quantitative estimate of drug-likeness (QED) is 0.616. The molecule has 14 heavy (non-hydrogen) atoms. The van der Waals surface area contributed by atoms with Gasteiger partial charge >= 0.3 is 5.97 Å². The summed E-state index contributed by atoms with van der Waals surface area (Å²) >= 11 is 0. The molecule has 0 atom stereocenters. The Morgan fingerprint density at radius 2 is 1.93 bits per heavy atom. The van der Waals surface area contributed by atoms with Crippen LogP contribution in [0.3, 0.4) is 0 Å². The number of hydrogen-bond donors (Lipinski definition) is 1. The Kier molecular flexibility index (Phi) is 6.54. The molecule has 0 aliphatic carbocycles. The molecule has 0 aromatic carbocycles. The summed E-state index contributed by atoms with van der Waals surface area (Å²) in [6.45, 7) is 6.99. The van der Waals surface area contributed by atoms with Crippen molar-refractivity contribution < 1.29 is 14.6 Å². The average molecular weight is 202 g/mol. The molecule has 0 radical (unpaired) electrons. The van der Waals surface area contributed by atoms with E-state index in [0.717, 1.165) is 32.3 Å². The number of hydrogen-bond acceptors (Lipinski definition) is 2. The van der Waals surface area contributed by atoms with Crippen molar-refractivity contribution in [3.63, 3.8) is 0 Å². The normalized spacial score (nSPS) is 11.6. The summed E-state index contributed by atoms with van der Waals surface area (Å²) in [5, 5.41) is 8.41. The van der Waals surface area contributed by atoms with E-state index in [9.17, 15) is 4.79 Å². The van der Waals surface area contributed by atoms with Crippen LogP contribution >= 0.6 is 0 Å². The summed E-state index contributed by atoms with van der Waals surface area (Å²) in [7, 11) is 0. The molecule has 0 saturated carbocycles. The Morgan fingerprint density at radius 1 is 1.29 bits per heavy atom. The van der Waals surface area contributed by atoms with Gasteiger partial charge in [-0.1, -0.05) is 13.3 Å². The van der Waals surface area contributed by atoms with Crippen LogP contribution in [0.25, 0.3) is 0 Å². The largest absolute Gasteiger partial charge is 0.481 e. The second kappa shape index (κ2) is 6.82. The maximum absolute atomic E-state index is 10.2. The van der Waals surface area contributed by atoms with Crippen LogP contribution in [0.1, 0.15) is 52.9 Å². The van der Waals surface area contributed by atoms with Gasteiger partial charge in [0.1, 0.15) is 0 Å². The topological polar surface area (TPSA) is 46.5 Å². The van der Waals surface area contributed by atoms with Gasteiger partial charge in [-0.3, -0.25) is 4.79 Å². The van der Waals surface area contributed by atoms with Crippen LogP contribution in [0.5, 0.6) is 0 Å². The molecular weight excluding hydrogens is 180 g/mol. The summed E-state index contributed by atoms with van der Waals surface area (Å²) < 4.78 is 5.64. The number of carboxylic acid groups (broad SMARTS) is 1. The lowest BCUT2D eigenvalue weighted by Crippen LogP contribution is -2.23. The molecule has 0 bridgehead atoms. The second-order valence-corrected chi connectivity index (χ2v) is 4.17. The number of aliphatic carboxylic acids is 1. The molecule has 0 aliphatic rings. The molecule has 0 saturated heterocycles. The first-order valence-electron chi connectivity index (χ1n) is 5.33. The zero-order valence-electron chi connectivity index (χ0n) is 9.51. The Bertz CT molecular complexity index is 164. The van der Waals surface area contributed by atoms with Gasteiger partial charge in [0.2, 0.25) is 0 Å². The van der Waals surface area contributed by atoms with Gasteiger partial charge in [-0.2, -0.15) is 0 Å². The second-order valence-electron chi connectivity index (χ2n) is 4.17. The van der Waals surface area contributed by atoms with E-state index in [1.54, 1.807) is 0 Å². The fourth-order valence-corrected chi connectivity index (χ4v) is 1.01. The third kappa shape index (κ3) is 8.05. The van der Waals surface area contributed by atoms with Crippen LogP contribution in [0.4, 0.5) is 0 Å². The Balaban J connectivity index is 3.25. The summed E-state index contributed by atoms with van der Waals surface area (Å²) in [4.78, 5) is 10.2. The van der Waals surface area contributed by atoms with E-state index in [0.29, 0.717) is 0 Å². The van der Waals surface area contributed by atoms with Crippen LogP contribution in [0.2, 0.25) is 0 Å². The molecule has 1 N–H and O–H groups in total. The lowest BCUT2D eigenvalue weighted by Gasteiger charge is -2.23. The minimum Gasteiger partial charge on any atom is -0.481 e. The summed E-state index contributed by atoms with van der Waals surface area (Å²) in [6.07, 6.45) is 3.92. The summed E-state index contributed by atoms with van der Waals surface area (Å²) in [5.74, 6) is -0.709. The highest BCUT2D eigenvalue weighted by Crippen LogP contribution is 2.14. The fraction of sp³-hybridized carbons (Fsp3) is 0.909. The van der Waals surface area contributed by atoms with Crippen LogP contribution in [-0.4, -0.2) is 23.3 Å². The third-order valence-corrected chi connectivity index (χ3v) is 2.38. The van der Waals surface area contributed by atoms with Crippen molar-refractivity contribution in [2.75, 3.05) is 6.61 Å². The summed E-state index contributed by atoms with van der Waals surface area (Å²) in [5.41, 5.74) is -0.0349. The van der Waals surface area contributed by atoms with Gasteiger partial charge in [0.15, 0.2) is 0 Å². The van der Waals surface area contributed by atoms with Crippen molar-refractivity contribution >= 4 is 5.97 Å². The first kappa shape index (κ1) is 13.4. The number of carbonyl (C=O) groups is 1. The zero-order chi connectivity index (χ0) is 11.0. The lowest BCUT2D eigenvalue weighted by molar-refractivity contribution is -0.137. The molecule has 0 aliphatic heterocycles. The van der Waals surface area contributed by atoms with Crippen molar-refractivity contribution in [2.24, 2.45) is 0 Å². The van der Waals surface area contributed by atoms with Gasteiger partial charge < -0.3 is 9.84 Å². The van der Waals surface area contributed by atoms with Crippen LogP contribution in [0, 0.1) is 0 Å². The van der Waals surface area contributed by atoms with Crippen LogP contribution in [-0.2, 0) is 9.53 Å². The molecule has 3 nitrogen and oxygen atoms in total. The van der Waals surface area contributed by atoms with Gasteiger partial charge in [0.25, 0.3) is 0 Å². The third-order valence-electron chi connectivity index (χ3n) is 2.38. The van der Waals surface area contributed by atoms with Gasteiger partial charge in [0.05, 0.1) is 5.60 Å². The molecule has 0 spiro atoms. The molecule has 0 heterocycles. The van der Waals surface area contributed by atoms with Crippen molar-refractivity contribution in [1.29, 1.82) is 0 Å². The standard InChI is InChI=1S/C11H22O3/c1-4-11(2,3)14-9-7-5-6-8-10(12)13/h4-9H2,1-3H3,(H,12,13). The van der Waals surface area contributed by atoms with E-state index in [-0.39, 0.29) is 12.0 Å². The number of ether oxygens (including phenoxy) is 1. The van der Waals surface area contributed by atoms with Gasteiger partial charge in [-0.25, -0.2) is 0 Å². The molecule has 84 valence electrons. The van der Waals surface area contributed by atoms with E-state index in [4.69, 9.17) is 9.84 Å². The van der Waals surface area contributed by atoms with Gasteiger partial charge in [0, 0.05) is 13.0 Å². The lowest BCUT2D eigenvalue weighted by atomic mass is 10.1. The zero-order valence-corrected chi connectivity index (χ0v) is 9.51. The predicted molar refractivity (Wildman–Crippen MR) is 56.4 cm³/mol. The van der Waals surface area contributed by atoms with Gasteiger partial charge in [-0.15, -0.1) is 0 Å². The van der Waals surface area contributed by atoms with E-state index >= 15 is 0 Å². The molecule has 0 amide bonds. The minimum absolute atomic E-state index is 0.0349. The Labute approximate surface area is 86.5 Å². The minimum atomic E-state index is -0.709. The maximum atomic E-state index is 10.2. The van der Waals surface area contributed by atoms with E-state index < -0.39 is 5.97 Å². The molecule has 0 unspecified atom stereocenters. The van der Waals surface area contributed by atoms with Crippen LogP contribution < -0.4 is 0 Å². The highest BCUT2D eigenvalue weighted by atomic mass is 16.5. The number of unbranched alkanes of at least 4 members (excludes halogenated alkanes) is 2. The molecule has 0 fully saturated rings. The van der Waals surface area contributed by atoms with Crippen molar-refractivity contribution in [3.05, 3.63) is 0 Å². The highest BCUT2D eigenvalue weighted by molar-refractivity contribution is 5.66. The Hall–Kier alpha value is -0.570. The molecule has 0 aromatic heterocycles. The van der Waals surface area contributed by atoms with E-state index in [1.807, 2.05) is 0 Å². The van der Waals surface area contributed by atoms with Crippen molar-refractivity contribution in [2.45, 2.75) is 58.5 Å². The average Bonchev–Trinajstić information content (AvgIpc) is 2.10.